The molecule has 0 saturated carbocycles. The van der Waals surface area contributed by atoms with Gasteiger partial charge >= 0.3 is 0 Å². The smallest absolute Gasteiger partial charge is 0.188 e. The number of hydrogen-bond donors (Lipinski definition) is 2. The van der Waals surface area contributed by atoms with Crippen molar-refractivity contribution in [2.45, 2.75) is 26.4 Å². The molecule has 0 saturated heterocycles. The molecule has 1 aromatic carbocycles. The SMILES string of the molecule is CCOCCCNC(N)=NCc1cccc(Cn2ccnc2)c1.I. The van der Waals surface area contributed by atoms with Crippen LogP contribution in [0.2, 0.25) is 0 Å². The van der Waals surface area contributed by atoms with Gasteiger partial charge in [-0.1, -0.05) is 24.3 Å². The maximum atomic E-state index is 5.87. The second-order valence-corrected chi connectivity index (χ2v) is 5.23. The third-order valence-corrected chi connectivity index (χ3v) is 3.32. The second-order valence-electron chi connectivity index (χ2n) is 5.23. The fourth-order valence-electron chi connectivity index (χ4n) is 2.18. The van der Waals surface area contributed by atoms with Crippen molar-refractivity contribution in [1.29, 1.82) is 0 Å². The van der Waals surface area contributed by atoms with E-state index in [1.165, 1.54) is 5.56 Å². The zero-order valence-corrected chi connectivity index (χ0v) is 16.3. The summed E-state index contributed by atoms with van der Waals surface area (Å²) in [5.74, 6) is 0.474. The number of benzene rings is 1. The van der Waals surface area contributed by atoms with E-state index >= 15 is 0 Å². The lowest BCUT2D eigenvalue weighted by atomic mass is 10.1. The summed E-state index contributed by atoms with van der Waals surface area (Å²) in [5, 5.41) is 3.10. The zero-order chi connectivity index (χ0) is 16.3. The quantitative estimate of drug-likeness (QED) is 0.270. The molecule has 3 N–H and O–H groups in total. The van der Waals surface area contributed by atoms with E-state index in [1.54, 1.807) is 6.20 Å². The zero-order valence-electron chi connectivity index (χ0n) is 14.0. The van der Waals surface area contributed by atoms with Crippen LogP contribution in [0.15, 0.2) is 48.0 Å². The lowest BCUT2D eigenvalue weighted by molar-refractivity contribution is 0.145. The topological polar surface area (TPSA) is 77.5 Å². The monoisotopic (exact) mass is 443 g/mol. The molecule has 0 radical (unpaired) electrons. The van der Waals surface area contributed by atoms with Crippen molar-refractivity contribution >= 4 is 29.9 Å². The van der Waals surface area contributed by atoms with Crippen LogP contribution in [-0.4, -0.2) is 35.3 Å². The third kappa shape index (κ3) is 7.78. The fraction of sp³-hybridized carbons (Fsp3) is 0.412. The van der Waals surface area contributed by atoms with E-state index < -0.39 is 0 Å². The molecule has 2 aromatic rings. The first-order valence-corrected chi connectivity index (χ1v) is 7.93. The summed E-state index contributed by atoms with van der Waals surface area (Å²) in [6.45, 7) is 5.64. The number of nitrogens with one attached hydrogen (secondary N) is 1. The molecule has 132 valence electrons. The van der Waals surface area contributed by atoms with Crippen LogP contribution in [0.3, 0.4) is 0 Å². The van der Waals surface area contributed by atoms with Gasteiger partial charge in [0.1, 0.15) is 0 Å². The van der Waals surface area contributed by atoms with E-state index in [0.717, 1.165) is 38.3 Å². The van der Waals surface area contributed by atoms with Crippen molar-refractivity contribution in [2.24, 2.45) is 10.7 Å². The van der Waals surface area contributed by atoms with Gasteiger partial charge in [0.15, 0.2) is 5.96 Å². The molecular weight excluding hydrogens is 417 g/mol. The number of aliphatic imine (C=N–C) groups is 1. The Morgan fingerprint density at radius 2 is 2.21 bits per heavy atom. The van der Waals surface area contributed by atoms with Gasteiger partial charge in [-0.25, -0.2) is 9.98 Å². The Morgan fingerprint density at radius 3 is 2.96 bits per heavy atom. The molecule has 0 bridgehead atoms. The first-order chi connectivity index (χ1) is 11.3. The van der Waals surface area contributed by atoms with E-state index in [4.69, 9.17) is 10.5 Å². The molecule has 0 spiro atoms. The summed E-state index contributed by atoms with van der Waals surface area (Å²) >= 11 is 0. The van der Waals surface area contributed by atoms with Crippen molar-refractivity contribution in [1.82, 2.24) is 14.9 Å². The van der Waals surface area contributed by atoms with Crippen LogP contribution in [0.25, 0.3) is 0 Å². The molecule has 2 rings (SSSR count). The Balaban J connectivity index is 0.00000288. The van der Waals surface area contributed by atoms with Gasteiger partial charge in [-0.05, 0) is 24.5 Å². The molecule has 6 nitrogen and oxygen atoms in total. The first kappa shape index (κ1) is 20.4. The van der Waals surface area contributed by atoms with Crippen molar-refractivity contribution in [2.75, 3.05) is 19.8 Å². The summed E-state index contributed by atoms with van der Waals surface area (Å²) in [6.07, 6.45) is 6.47. The van der Waals surface area contributed by atoms with Crippen LogP contribution in [0.1, 0.15) is 24.5 Å². The molecular formula is C17H26IN5O. The van der Waals surface area contributed by atoms with Crippen molar-refractivity contribution in [3.8, 4) is 0 Å². The molecule has 24 heavy (non-hydrogen) atoms. The maximum Gasteiger partial charge on any atom is 0.188 e. The molecule has 0 unspecified atom stereocenters. The normalized spacial score (nSPS) is 11.1. The van der Waals surface area contributed by atoms with Crippen LogP contribution < -0.4 is 11.1 Å². The van der Waals surface area contributed by atoms with E-state index in [2.05, 4.69) is 33.5 Å². The molecule has 1 aromatic heterocycles. The molecule has 0 fully saturated rings. The van der Waals surface area contributed by atoms with Gasteiger partial charge in [-0.3, -0.25) is 0 Å². The number of rotatable bonds is 9. The Labute approximate surface area is 160 Å². The molecule has 7 heteroatoms. The van der Waals surface area contributed by atoms with E-state index in [0.29, 0.717) is 12.5 Å². The Bertz CT molecular complexity index is 601. The highest BCUT2D eigenvalue weighted by Gasteiger charge is 1.98. The van der Waals surface area contributed by atoms with Gasteiger partial charge < -0.3 is 20.4 Å². The lowest BCUT2D eigenvalue weighted by Crippen LogP contribution is -2.32. The number of hydrogen-bond acceptors (Lipinski definition) is 3. The molecule has 0 aliphatic rings. The van der Waals surface area contributed by atoms with Crippen LogP contribution >= 0.6 is 24.0 Å². The average molecular weight is 443 g/mol. The Kier molecular flexibility index (Phi) is 10.1. The number of nitrogens with zero attached hydrogens (tertiary/aromatic N) is 3. The van der Waals surface area contributed by atoms with E-state index in [1.807, 2.05) is 30.1 Å². The predicted octanol–water partition coefficient (Wildman–Crippen LogP) is 2.38. The van der Waals surface area contributed by atoms with Crippen molar-refractivity contribution < 1.29 is 4.74 Å². The molecule has 1 heterocycles. The number of nitrogens with two attached hydrogens (primary N) is 1. The molecule has 0 amide bonds. The number of halogens is 1. The van der Waals surface area contributed by atoms with Crippen LogP contribution in [0, 0.1) is 0 Å². The maximum absolute atomic E-state index is 5.87. The number of guanidine groups is 1. The summed E-state index contributed by atoms with van der Waals surface area (Å²) in [5.41, 5.74) is 8.23. The number of imidazole rings is 1. The summed E-state index contributed by atoms with van der Waals surface area (Å²) in [4.78, 5) is 8.43. The highest BCUT2D eigenvalue weighted by atomic mass is 127. The largest absolute Gasteiger partial charge is 0.382 e. The summed E-state index contributed by atoms with van der Waals surface area (Å²) < 4.78 is 7.31. The highest BCUT2D eigenvalue weighted by molar-refractivity contribution is 14.0. The molecule has 0 aliphatic heterocycles. The number of aromatic nitrogens is 2. The highest BCUT2D eigenvalue weighted by Crippen LogP contribution is 2.08. The summed E-state index contributed by atoms with van der Waals surface area (Å²) in [6, 6.07) is 8.35. The Morgan fingerprint density at radius 1 is 1.38 bits per heavy atom. The van der Waals surface area contributed by atoms with Gasteiger partial charge in [0.05, 0.1) is 12.9 Å². The minimum Gasteiger partial charge on any atom is -0.382 e. The predicted molar refractivity (Wildman–Crippen MR) is 108 cm³/mol. The van der Waals surface area contributed by atoms with E-state index in [9.17, 15) is 0 Å². The van der Waals surface area contributed by atoms with Crippen LogP contribution in [0.4, 0.5) is 0 Å². The van der Waals surface area contributed by atoms with Gasteiger partial charge in [0.25, 0.3) is 0 Å². The Hall–Kier alpha value is -1.61. The van der Waals surface area contributed by atoms with Gasteiger partial charge in [0.2, 0.25) is 0 Å². The standard InChI is InChI=1S/C17H25N5O.HI/c1-2-23-10-4-7-20-17(18)21-12-15-5-3-6-16(11-15)13-22-9-8-19-14-22;/h3,5-6,8-9,11,14H,2,4,7,10,12-13H2,1H3,(H3,18,20,21);1H. The first-order valence-electron chi connectivity index (χ1n) is 7.93. The fourth-order valence-corrected chi connectivity index (χ4v) is 2.18. The van der Waals surface area contributed by atoms with E-state index in [-0.39, 0.29) is 24.0 Å². The van der Waals surface area contributed by atoms with Crippen LogP contribution in [0.5, 0.6) is 0 Å². The minimum atomic E-state index is 0. The average Bonchev–Trinajstić information content (AvgIpc) is 3.06. The summed E-state index contributed by atoms with van der Waals surface area (Å²) in [7, 11) is 0. The van der Waals surface area contributed by atoms with Gasteiger partial charge in [0, 0.05) is 38.7 Å². The molecule has 0 atom stereocenters. The third-order valence-electron chi connectivity index (χ3n) is 3.32. The van der Waals surface area contributed by atoms with Crippen LogP contribution in [-0.2, 0) is 17.8 Å². The van der Waals surface area contributed by atoms with Crippen molar-refractivity contribution in [3.05, 3.63) is 54.1 Å². The van der Waals surface area contributed by atoms with Gasteiger partial charge in [-0.2, -0.15) is 0 Å². The number of ether oxygens (including phenoxy) is 1. The minimum absolute atomic E-state index is 0. The van der Waals surface area contributed by atoms with Gasteiger partial charge in [-0.15, -0.1) is 24.0 Å². The lowest BCUT2D eigenvalue weighted by Gasteiger charge is -2.07. The van der Waals surface area contributed by atoms with Crippen molar-refractivity contribution in [3.63, 3.8) is 0 Å². The second kappa shape index (κ2) is 11.9. The molecule has 0 aliphatic carbocycles.